The fraction of sp³-hybridized carbons (Fsp3) is 0. The first-order valence-electron chi connectivity index (χ1n) is 6.49. The summed E-state index contributed by atoms with van der Waals surface area (Å²) in [4.78, 5) is 19.9. The Morgan fingerprint density at radius 1 is 1.23 bits per heavy atom. The lowest BCUT2D eigenvalue weighted by atomic mass is 10.1. The maximum atomic E-state index is 11.5. The number of carbonyl (C=O) groups is 1. The minimum Gasteiger partial charge on any atom is -0.365 e. The van der Waals surface area contributed by atoms with Crippen molar-refractivity contribution in [1.29, 1.82) is 5.26 Å². The molecule has 2 aromatic heterocycles. The Morgan fingerprint density at radius 2 is 2.09 bits per heavy atom. The molecule has 0 aliphatic carbocycles. The van der Waals surface area contributed by atoms with Crippen LogP contribution >= 0.6 is 0 Å². The van der Waals surface area contributed by atoms with Gasteiger partial charge in [-0.3, -0.25) is 9.78 Å². The van der Waals surface area contributed by atoms with Gasteiger partial charge in [0, 0.05) is 23.5 Å². The molecule has 3 aromatic rings. The van der Waals surface area contributed by atoms with E-state index in [0.29, 0.717) is 5.82 Å². The molecule has 22 heavy (non-hydrogen) atoms. The summed E-state index contributed by atoms with van der Waals surface area (Å²) in [7, 11) is 0. The van der Waals surface area contributed by atoms with Gasteiger partial charge in [0.25, 0.3) is 5.91 Å². The number of hydrogen-bond acceptors (Lipinski definition) is 5. The fourth-order valence-electron chi connectivity index (χ4n) is 2.10. The van der Waals surface area contributed by atoms with E-state index in [0.717, 1.165) is 16.6 Å². The Bertz CT molecular complexity index is 914. The van der Waals surface area contributed by atoms with Gasteiger partial charge >= 0.3 is 0 Å². The highest BCUT2D eigenvalue weighted by Crippen LogP contribution is 2.22. The quantitative estimate of drug-likeness (QED) is 0.770. The van der Waals surface area contributed by atoms with E-state index in [9.17, 15) is 4.79 Å². The molecule has 6 nitrogen and oxygen atoms in total. The molecular weight excluding hydrogens is 278 g/mol. The number of pyridine rings is 2. The van der Waals surface area contributed by atoms with Crippen LogP contribution in [0.25, 0.3) is 10.9 Å². The van der Waals surface area contributed by atoms with Crippen LogP contribution < -0.4 is 11.1 Å². The van der Waals surface area contributed by atoms with E-state index in [-0.39, 0.29) is 11.1 Å². The van der Waals surface area contributed by atoms with Crippen LogP contribution in [0, 0.1) is 11.3 Å². The number of hydrogen-bond donors (Lipinski definition) is 2. The Labute approximate surface area is 126 Å². The smallest absolute Gasteiger partial charge is 0.252 e. The average molecular weight is 289 g/mol. The predicted molar refractivity (Wildman–Crippen MR) is 82.5 cm³/mol. The van der Waals surface area contributed by atoms with Crippen LogP contribution in [0.2, 0.25) is 0 Å². The maximum Gasteiger partial charge on any atom is 0.252 e. The molecule has 3 N–H and O–H groups in total. The fourth-order valence-corrected chi connectivity index (χ4v) is 2.10. The van der Waals surface area contributed by atoms with Crippen molar-refractivity contribution in [3.63, 3.8) is 0 Å². The second-order valence-electron chi connectivity index (χ2n) is 4.63. The summed E-state index contributed by atoms with van der Waals surface area (Å²) in [6.45, 7) is 0. The number of aromatic nitrogens is 2. The number of nitrogens with two attached hydrogens (primary N) is 1. The predicted octanol–water partition coefficient (Wildman–Crippen LogP) is 2.34. The SMILES string of the molecule is N#Cc1cnc(Nc2ccc3ncccc3c2)c(C(N)=O)c1. The lowest BCUT2D eigenvalue weighted by molar-refractivity contribution is 0.100. The van der Waals surface area contributed by atoms with Crippen LogP contribution in [-0.4, -0.2) is 15.9 Å². The molecule has 2 heterocycles. The standard InChI is InChI=1S/C16H11N5O/c17-8-10-6-13(15(18)22)16(20-9-10)21-12-3-4-14-11(7-12)2-1-5-19-14/h1-7,9H,(H2,18,22)(H,20,21). The van der Waals surface area contributed by atoms with Gasteiger partial charge in [0.15, 0.2) is 0 Å². The lowest BCUT2D eigenvalue weighted by Crippen LogP contribution is -2.14. The lowest BCUT2D eigenvalue weighted by Gasteiger charge is -2.10. The number of rotatable bonds is 3. The number of carbonyl (C=O) groups excluding carboxylic acids is 1. The Morgan fingerprint density at radius 3 is 2.86 bits per heavy atom. The Kier molecular flexibility index (Phi) is 3.38. The summed E-state index contributed by atoms with van der Waals surface area (Å²) in [6, 6.07) is 12.7. The first-order valence-corrected chi connectivity index (χ1v) is 6.49. The van der Waals surface area contributed by atoms with E-state index >= 15 is 0 Å². The van der Waals surface area contributed by atoms with Gasteiger partial charge in [0.1, 0.15) is 11.9 Å². The van der Waals surface area contributed by atoms with E-state index in [4.69, 9.17) is 11.0 Å². The van der Waals surface area contributed by atoms with E-state index in [1.54, 1.807) is 6.20 Å². The van der Waals surface area contributed by atoms with Crippen molar-refractivity contribution >= 4 is 28.3 Å². The van der Waals surface area contributed by atoms with E-state index < -0.39 is 5.91 Å². The van der Waals surface area contributed by atoms with Gasteiger partial charge in [0.2, 0.25) is 0 Å². The van der Waals surface area contributed by atoms with Crippen molar-refractivity contribution < 1.29 is 4.79 Å². The third-order valence-corrected chi connectivity index (χ3v) is 3.15. The van der Waals surface area contributed by atoms with Gasteiger partial charge in [-0.1, -0.05) is 6.07 Å². The van der Waals surface area contributed by atoms with E-state index in [1.165, 1.54) is 12.3 Å². The number of amides is 1. The summed E-state index contributed by atoms with van der Waals surface area (Å²) in [6.07, 6.45) is 3.11. The highest BCUT2D eigenvalue weighted by Gasteiger charge is 2.11. The third-order valence-electron chi connectivity index (χ3n) is 3.15. The van der Waals surface area contributed by atoms with Gasteiger partial charge in [-0.05, 0) is 30.3 Å². The number of primary amides is 1. The minimum atomic E-state index is -0.644. The summed E-state index contributed by atoms with van der Waals surface area (Å²) in [5.74, 6) is -0.329. The zero-order valence-electron chi connectivity index (χ0n) is 11.4. The van der Waals surface area contributed by atoms with Crippen LogP contribution in [0.4, 0.5) is 11.5 Å². The van der Waals surface area contributed by atoms with Crippen molar-refractivity contribution in [3.8, 4) is 6.07 Å². The molecule has 6 heteroatoms. The van der Waals surface area contributed by atoms with Gasteiger partial charge in [-0.15, -0.1) is 0 Å². The summed E-state index contributed by atoms with van der Waals surface area (Å²) >= 11 is 0. The second-order valence-corrected chi connectivity index (χ2v) is 4.63. The largest absolute Gasteiger partial charge is 0.365 e. The first-order chi connectivity index (χ1) is 10.7. The molecule has 0 saturated heterocycles. The first kappa shape index (κ1) is 13.5. The van der Waals surface area contributed by atoms with Crippen LogP contribution in [0.5, 0.6) is 0 Å². The van der Waals surface area contributed by atoms with Crippen LogP contribution in [0.1, 0.15) is 15.9 Å². The Balaban J connectivity index is 2.01. The van der Waals surface area contributed by atoms with Gasteiger partial charge in [-0.2, -0.15) is 5.26 Å². The molecule has 106 valence electrons. The molecular formula is C16H11N5O. The van der Waals surface area contributed by atoms with Crippen molar-refractivity contribution in [2.45, 2.75) is 0 Å². The topological polar surface area (TPSA) is 105 Å². The van der Waals surface area contributed by atoms with Gasteiger partial charge in [-0.25, -0.2) is 4.98 Å². The molecule has 3 rings (SSSR count). The molecule has 1 aromatic carbocycles. The highest BCUT2D eigenvalue weighted by molar-refractivity contribution is 5.98. The normalized spacial score (nSPS) is 10.1. The van der Waals surface area contributed by atoms with Crippen LogP contribution in [0.3, 0.4) is 0 Å². The number of nitrogens with one attached hydrogen (secondary N) is 1. The number of nitriles is 1. The molecule has 0 unspecified atom stereocenters. The number of benzene rings is 1. The summed E-state index contributed by atoms with van der Waals surface area (Å²) in [5.41, 5.74) is 7.42. The van der Waals surface area contributed by atoms with Crippen molar-refractivity contribution in [2.24, 2.45) is 5.73 Å². The average Bonchev–Trinajstić information content (AvgIpc) is 2.55. The zero-order valence-corrected chi connectivity index (χ0v) is 11.4. The molecule has 0 fully saturated rings. The maximum absolute atomic E-state index is 11.5. The number of nitrogens with zero attached hydrogens (tertiary/aromatic N) is 3. The van der Waals surface area contributed by atoms with Crippen molar-refractivity contribution in [3.05, 3.63) is 59.9 Å². The molecule has 0 spiro atoms. The zero-order chi connectivity index (χ0) is 15.5. The van der Waals surface area contributed by atoms with Gasteiger partial charge in [0.05, 0.1) is 16.6 Å². The number of anilines is 2. The summed E-state index contributed by atoms with van der Waals surface area (Å²) in [5, 5.41) is 12.9. The van der Waals surface area contributed by atoms with E-state index in [1.807, 2.05) is 36.4 Å². The van der Waals surface area contributed by atoms with Crippen molar-refractivity contribution in [2.75, 3.05) is 5.32 Å². The second kappa shape index (κ2) is 5.50. The Hall–Kier alpha value is -3.46. The molecule has 1 amide bonds. The highest BCUT2D eigenvalue weighted by atomic mass is 16.1. The molecule has 0 aliphatic heterocycles. The molecule has 0 radical (unpaired) electrons. The number of fused-ring (bicyclic) bond motifs is 1. The van der Waals surface area contributed by atoms with Crippen LogP contribution in [0.15, 0.2) is 48.8 Å². The van der Waals surface area contributed by atoms with Crippen LogP contribution in [-0.2, 0) is 0 Å². The molecule has 0 atom stereocenters. The van der Waals surface area contributed by atoms with E-state index in [2.05, 4.69) is 15.3 Å². The molecule has 0 saturated carbocycles. The molecule has 0 aliphatic rings. The third kappa shape index (κ3) is 2.55. The summed E-state index contributed by atoms with van der Waals surface area (Å²) < 4.78 is 0. The monoisotopic (exact) mass is 289 g/mol. The van der Waals surface area contributed by atoms with Gasteiger partial charge < -0.3 is 11.1 Å². The molecule has 0 bridgehead atoms. The van der Waals surface area contributed by atoms with Crippen molar-refractivity contribution in [1.82, 2.24) is 9.97 Å². The minimum absolute atomic E-state index is 0.172.